The van der Waals surface area contributed by atoms with Crippen LogP contribution < -0.4 is 5.32 Å². The van der Waals surface area contributed by atoms with E-state index in [4.69, 9.17) is 0 Å². The predicted molar refractivity (Wildman–Crippen MR) is 95.2 cm³/mol. The Morgan fingerprint density at radius 2 is 2.00 bits per heavy atom. The van der Waals surface area contributed by atoms with Gasteiger partial charge in [0.1, 0.15) is 0 Å². The van der Waals surface area contributed by atoms with Crippen LogP contribution in [0.5, 0.6) is 0 Å². The lowest BCUT2D eigenvalue weighted by atomic mass is 9.87. The lowest BCUT2D eigenvalue weighted by molar-refractivity contribution is -0.141. The van der Waals surface area contributed by atoms with Gasteiger partial charge in [0.2, 0.25) is 0 Å². The molecule has 0 saturated heterocycles. The van der Waals surface area contributed by atoms with Gasteiger partial charge in [-0.25, -0.2) is 4.68 Å². The minimum Gasteiger partial charge on any atom is -0.481 e. The summed E-state index contributed by atoms with van der Waals surface area (Å²) in [5.74, 6) is -1.07. The first-order valence-corrected chi connectivity index (χ1v) is 8.76. The van der Waals surface area contributed by atoms with E-state index in [9.17, 15) is 9.90 Å². The molecule has 1 saturated carbocycles. The summed E-state index contributed by atoms with van der Waals surface area (Å²) in [5, 5.41) is 20.8. The molecule has 1 aromatic carbocycles. The average molecular weight is 342 g/mol. The Kier molecular flexibility index (Phi) is 4.90. The number of nitrogens with one attached hydrogen (secondary N) is 1. The molecule has 6 heteroatoms. The first-order chi connectivity index (χ1) is 11.8. The minimum absolute atomic E-state index is 0.0254. The zero-order valence-electron chi connectivity index (χ0n) is 15.0. The van der Waals surface area contributed by atoms with E-state index in [-0.39, 0.29) is 23.4 Å². The predicted octanol–water partition coefficient (Wildman–Crippen LogP) is 2.77. The molecule has 2 aromatic rings. The van der Waals surface area contributed by atoms with Crippen LogP contribution in [0, 0.1) is 5.92 Å². The van der Waals surface area contributed by atoms with Gasteiger partial charge in [0.25, 0.3) is 0 Å². The Morgan fingerprint density at radius 3 is 2.56 bits per heavy atom. The number of carbonyl (C=O) groups is 1. The topological polar surface area (TPSA) is 80.0 Å². The molecule has 1 unspecified atom stereocenters. The van der Waals surface area contributed by atoms with Gasteiger partial charge in [0, 0.05) is 18.8 Å². The van der Waals surface area contributed by atoms with E-state index < -0.39 is 5.97 Å². The van der Waals surface area contributed by atoms with Crippen LogP contribution in [-0.4, -0.2) is 32.1 Å². The number of hydrogen-bond acceptors (Lipinski definition) is 4. The SMILES string of the molecule is CC(C)(C)c1ccc(CN[C@@H]2CC(C(=O)O)C[C@@H]2n2ccnn2)cc1. The van der Waals surface area contributed by atoms with E-state index >= 15 is 0 Å². The first kappa shape index (κ1) is 17.6. The molecule has 0 aliphatic heterocycles. The quantitative estimate of drug-likeness (QED) is 0.873. The molecule has 0 amide bonds. The van der Waals surface area contributed by atoms with Crippen LogP contribution in [0.3, 0.4) is 0 Å². The summed E-state index contributed by atoms with van der Waals surface area (Å²) >= 11 is 0. The number of nitrogens with zero attached hydrogens (tertiary/aromatic N) is 3. The third kappa shape index (κ3) is 4.07. The van der Waals surface area contributed by atoms with Crippen LogP contribution in [0.2, 0.25) is 0 Å². The van der Waals surface area contributed by atoms with Crippen molar-refractivity contribution < 1.29 is 9.90 Å². The van der Waals surface area contributed by atoms with Crippen molar-refractivity contribution in [2.45, 2.75) is 57.7 Å². The van der Waals surface area contributed by atoms with Gasteiger partial charge in [-0.2, -0.15) is 0 Å². The lowest BCUT2D eigenvalue weighted by Crippen LogP contribution is -2.34. The molecule has 1 fully saturated rings. The third-order valence-corrected chi connectivity index (χ3v) is 5.05. The smallest absolute Gasteiger partial charge is 0.306 e. The Hall–Kier alpha value is -2.21. The zero-order valence-corrected chi connectivity index (χ0v) is 15.0. The van der Waals surface area contributed by atoms with Crippen LogP contribution in [0.1, 0.15) is 50.8 Å². The second kappa shape index (κ2) is 6.96. The molecule has 1 aliphatic carbocycles. The van der Waals surface area contributed by atoms with Gasteiger partial charge >= 0.3 is 5.97 Å². The van der Waals surface area contributed by atoms with Gasteiger partial charge in [-0.1, -0.05) is 50.3 Å². The molecule has 1 aromatic heterocycles. The number of rotatable bonds is 5. The lowest BCUT2D eigenvalue weighted by Gasteiger charge is -2.22. The number of aliphatic carboxylic acids is 1. The second-order valence-electron chi connectivity index (χ2n) is 7.89. The highest BCUT2D eigenvalue weighted by Gasteiger charge is 2.39. The maximum atomic E-state index is 11.4. The number of carboxylic acid groups (broad SMARTS) is 1. The maximum Gasteiger partial charge on any atom is 0.306 e. The van der Waals surface area contributed by atoms with E-state index in [1.807, 2.05) is 6.20 Å². The molecule has 1 aliphatic rings. The first-order valence-electron chi connectivity index (χ1n) is 8.76. The molecule has 1 heterocycles. The summed E-state index contributed by atoms with van der Waals surface area (Å²) in [5.41, 5.74) is 2.65. The molecule has 6 nitrogen and oxygen atoms in total. The summed E-state index contributed by atoms with van der Waals surface area (Å²) in [6, 6.07) is 8.72. The Balaban J connectivity index is 1.67. The Labute approximate surface area is 148 Å². The molecule has 3 rings (SSSR count). The van der Waals surface area contributed by atoms with Gasteiger partial charge in [-0.15, -0.1) is 5.10 Å². The summed E-state index contributed by atoms with van der Waals surface area (Å²) in [4.78, 5) is 11.4. The summed E-state index contributed by atoms with van der Waals surface area (Å²) in [7, 11) is 0. The normalized spacial score (nSPS) is 23.7. The van der Waals surface area contributed by atoms with Crippen molar-refractivity contribution in [2.24, 2.45) is 5.92 Å². The van der Waals surface area contributed by atoms with Gasteiger partial charge < -0.3 is 10.4 Å². The highest BCUT2D eigenvalue weighted by Crippen LogP contribution is 2.35. The van der Waals surface area contributed by atoms with E-state index in [2.05, 4.69) is 60.7 Å². The van der Waals surface area contributed by atoms with Crippen LogP contribution in [0.4, 0.5) is 0 Å². The molecule has 3 atom stereocenters. The van der Waals surface area contributed by atoms with Crippen molar-refractivity contribution in [3.05, 3.63) is 47.8 Å². The monoisotopic (exact) mass is 342 g/mol. The van der Waals surface area contributed by atoms with E-state index in [0.29, 0.717) is 19.4 Å². The molecule has 25 heavy (non-hydrogen) atoms. The molecule has 2 N–H and O–H groups in total. The Morgan fingerprint density at radius 1 is 1.28 bits per heavy atom. The standard InChI is InChI=1S/C19H26N4O2/c1-19(2,3)15-6-4-13(5-7-15)12-20-16-10-14(18(24)25)11-17(16)23-9-8-21-22-23/h4-9,14,16-17,20H,10-12H2,1-3H3,(H,24,25)/t14?,16-,17+/m1/s1. The van der Waals surface area contributed by atoms with E-state index in [0.717, 1.165) is 0 Å². The van der Waals surface area contributed by atoms with Gasteiger partial charge in [0.05, 0.1) is 18.2 Å². The van der Waals surface area contributed by atoms with Crippen LogP contribution in [-0.2, 0) is 16.8 Å². The average Bonchev–Trinajstić information content (AvgIpc) is 3.21. The van der Waals surface area contributed by atoms with E-state index in [1.165, 1.54) is 11.1 Å². The second-order valence-corrected chi connectivity index (χ2v) is 7.89. The third-order valence-electron chi connectivity index (χ3n) is 5.05. The van der Waals surface area contributed by atoms with Crippen LogP contribution in [0.15, 0.2) is 36.7 Å². The van der Waals surface area contributed by atoms with Crippen molar-refractivity contribution in [2.75, 3.05) is 0 Å². The fourth-order valence-electron chi connectivity index (χ4n) is 3.49. The largest absolute Gasteiger partial charge is 0.481 e. The Bertz CT molecular complexity index is 704. The molecular formula is C19H26N4O2. The van der Waals surface area contributed by atoms with Crippen molar-refractivity contribution >= 4 is 5.97 Å². The fourth-order valence-corrected chi connectivity index (χ4v) is 3.49. The van der Waals surface area contributed by atoms with Crippen molar-refractivity contribution in [1.82, 2.24) is 20.3 Å². The molecule has 0 spiro atoms. The van der Waals surface area contributed by atoms with Crippen molar-refractivity contribution in [1.29, 1.82) is 0 Å². The summed E-state index contributed by atoms with van der Waals surface area (Å²) < 4.78 is 1.78. The number of carboxylic acids is 1. The number of benzene rings is 1. The van der Waals surface area contributed by atoms with Gasteiger partial charge in [-0.05, 0) is 29.4 Å². The van der Waals surface area contributed by atoms with E-state index in [1.54, 1.807) is 10.9 Å². The molecular weight excluding hydrogens is 316 g/mol. The highest BCUT2D eigenvalue weighted by molar-refractivity contribution is 5.70. The van der Waals surface area contributed by atoms with Gasteiger partial charge in [-0.3, -0.25) is 4.79 Å². The van der Waals surface area contributed by atoms with Crippen LogP contribution >= 0.6 is 0 Å². The highest BCUT2D eigenvalue weighted by atomic mass is 16.4. The summed E-state index contributed by atoms with van der Waals surface area (Å²) in [6.45, 7) is 7.32. The molecule has 0 bridgehead atoms. The molecule has 0 radical (unpaired) electrons. The fraction of sp³-hybridized carbons (Fsp3) is 0.526. The number of aromatic nitrogens is 3. The van der Waals surface area contributed by atoms with Crippen molar-refractivity contribution in [3.63, 3.8) is 0 Å². The minimum atomic E-state index is -0.732. The maximum absolute atomic E-state index is 11.4. The zero-order chi connectivity index (χ0) is 18.0. The molecule has 134 valence electrons. The van der Waals surface area contributed by atoms with Crippen LogP contribution in [0.25, 0.3) is 0 Å². The number of hydrogen-bond donors (Lipinski definition) is 2. The van der Waals surface area contributed by atoms with Crippen molar-refractivity contribution in [3.8, 4) is 0 Å². The van der Waals surface area contributed by atoms with Gasteiger partial charge in [0.15, 0.2) is 0 Å². The summed E-state index contributed by atoms with van der Waals surface area (Å²) in [6.07, 6.45) is 4.64.